The maximum absolute atomic E-state index is 5.35. The Balaban J connectivity index is 2.73. The molecule has 6 heteroatoms. The number of rotatable bonds is 8. The van der Waals surface area contributed by atoms with Crippen molar-refractivity contribution in [3.05, 3.63) is 34.8 Å². The lowest BCUT2D eigenvalue weighted by atomic mass is 10.2. The molecule has 0 aliphatic heterocycles. The van der Waals surface area contributed by atoms with E-state index in [1.807, 2.05) is 25.3 Å². The lowest BCUT2D eigenvalue weighted by Crippen LogP contribution is -2.39. The second kappa shape index (κ2) is 10.2. The molecule has 0 atom stereocenters. The van der Waals surface area contributed by atoms with E-state index in [-0.39, 0.29) is 0 Å². The molecule has 1 N–H and O–H groups in total. The first-order valence-corrected chi connectivity index (χ1v) is 8.29. The topological polar surface area (TPSA) is 46.1 Å². The van der Waals surface area contributed by atoms with Crippen molar-refractivity contribution in [1.82, 2.24) is 10.2 Å². The van der Waals surface area contributed by atoms with E-state index >= 15 is 0 Å². The van der Waals surface area contributed by atoms with Gasteiger partial charge in [-0.3, -0.25) is 4.99 Å². The highest BCUT2D eigenvalue weighted by Crippen LogP contribution is 2.33. The van der Waals surface area contributed by atoms with Crippen LogP contribution in [0, 0.1) is 0 Å². The third kappa shape index (κ3) is 5.78. The van der Waals surface area contributed by atoms with Crippen molar-refractivity contribution in [2.24, 2.45) is 4.99 Å². The average Bonchev–Trinajstić information content (AvgIpc) is 2.56. The Morgan fingerprint density at radius 2 is 2.00 bits per heavy atom. The van der Waals surface area contributed by atoms with Gasteiger partial charge in [-0.05, 0) is 30.5 Å². The monoisotopic (exact) mass is 383 g/mol. The Hall–Kier alpha value is -1.69. The third-order valence-electron chi connectivity index (χ3n) is 3.46. The van der Waals surface area contributed by atoms with Crippen molar-refractivity contribution in [1.29, 1.82) is 0 Å². The molecule has 23 heavy (non-hydrogen) atoms. The minimum Gasteiger partial charge on any atom is -0.493 e. The maximum Gasteiger partial charge on any atom is 0.193 e. The quantitative estimate of drug-likeness (QED) is 0.323. The van der Waals surface area contributed by atoms with Gasteiger partial charge in [0.15, 0.2) is 17.5 Å². The van der Waals surface area contributed by atoms with Crippen LogP contribution in [0.1, 0.15) is 18.4 Å². The summed E-state index contributed by atoms with van der Waals surface area (Å²) >= 11 is 3.57. The van der Waals surface area contributed by atoms with Crippen LogP contribution < -0.4 is 14.8 Å². The summed E-state index contributed by atoms with van der Waals surface area (Å²) in [5.41, 5.74) is 1.07. The number of hydrogen-bond donors (Lipinski definition) is 1. The molecule has 0 heterocycles. The van der Waals surface area contributed by atoms with E-state index in [9.17, 15) is 0 Å². The molecule has 0 aliphatic rings. The van der Waals surface area contributed by atoms with Crippen LogP contribution in [0.15, 0.2) is 34.3 Å². The number of halogens is 1. The fraction of sp³-hybridized carbons (Fsp3) is 0.471. The number of guanidine groups is 1. The smallest absolute Gasteiger partial charge is 0.193 e. The number of nitrogens with zero attached hydrogens (tertiary/aromatic N) is 2. The van der Waals surface area contributed by atoms with Crippen LogP contribution in [-0.2, 0) is 6.54 Å². The van der Waals surface area contributed by atoms with Crippen molar-refractivity contribution >= 4 is 21.9 Å². The largest absolute Gasteiger partial charge is 0.493 e. The molecule has 0 saturated carbocycles. The predicted molar refractivity (Wildman–Crippen MR) is 99.5 cm³/mol. The molecular weight excluding hydrogens is 358 g/mol. The molecule has 0 bridgehead atoms. The Bertz CT molecular complexity index is 547. The number of benzene rings is 1. The lowest BCUT2D eigenvalue weighted by molar-refractivity contribution is 0.354. The van der Waals surface area contributed by atoms with E-state index < -0.39 is 0 Å². The Labute approximate surface area is 147 Å². The summed E-state index contributed by atoms with van der Waals surface area (Å²) in [5.74, 6) is 2.27. The molecule has 0 amide bonds. The molecule has 128 valence electrons. The number of nitrogens with one attached hydrogen (secondary N) is 1. The average molecular weight is 384 g/mol. The summed E-state index contributed by atoms with van der Waals surface area (Å²) in [5, 5.41) is 3.37. The number of allylic oxidation sites excluding steroid dienone is 1. The number of hydrogen-bond acceptors (Lipinski definition) is 3. The van der Waals surface area contributed by atoms with Crippen molar-refractivity contribution in [2.75, 3.05) is 34.9 Å². The molecular formula is C17H26BrN3O2. The minimum absolute atomic E-state index is 0.638. The lowest BCUT2D eigenvalue weighted by Gasteiger charge is -2.22. The molecule has 1 aromatic carbocycles. The first-order chi connectivity index (χ1) is 11.1. The van der Waals surface area contributed by atoms with Gasteiger partial charge in [0.05, 0.1) is 14.2 Å². The zero-order valence-corrected chi connectivity index (χ0v) is 15.9. The van der Waals surface area contributed by atoms with E-state index in [4.69, 9.17) is 9.47 Å². The summed E-state index contributed by atoms with van der Waals surface area (Å²) in [6, 6.07) is 3.87. The van der Waals surface area contributed by atoms with Gasteiger partial charge in [-0.1, -0.05) is 22.0 Å². The van der Waals surface area contributed by atoms with Gasteiger partial charge in [0.25, 0.3) is 0 Å². The highest BCUT2D eigenvalue weighted by molar-refractivity contribution is 9.10. The standard InChI is InChI=1S/C17H26BrN3O2/c1-6-7-8-9-21(3)17(19-2)20-12-13-10-15(22-4)16(23-5)11-14(13)18/h6,10-11H,1,7-9,12H2,2-5H3,(H,19,20). The van der Waals surface area contributed by atoms with Crippen molar-refractivity contribution < 1.29 is 9.47 Å². The summed E-state index contributed by atoms with van der Waals surface area (Å²) in [4.78, 5) is 6.43. The summed E-state index contributed by atoms with van der Waals surface area (Å²) in [6.45, 7) is 5.31. The van der Waals surface area contributed by atoms with E-state index in [0.29, 0.717) is 18.0 Å². The molecule has 0 aromatic heterocycles. The summed E-state index contributed by atoms with van der Waals surface area (Å²) in [6.07, 6.45) is 3.99. The van der Waals surface area contributed by atoms with Crippen LogP contribution in [0.3, 0.4) is 0 Å². The first kappa shape index (κ1) is 19.4. The van der Waals surface area contributed by atoms with E-state index in [2.05, 4.69) is 37.7 Å². The number of methoxy groups -OCH3 is 2. The number of ether oxygens (including phenoxy) is 2. The molecule has 1 rings (SSSR count). The third-order valence-corrected chi connectivity index (χ3v) is 4.20. The molecule has 0 saturated heterocycles. The van der Waals surface area contributed by atoms with Crippen molar-refractivity contribution in [3.8, 4) is 11.5 Å². The molecule has 0 fully saturated rings. The highest BCUT2D eigenvalue weighted by Gasteiger charge is 2.11. The SMILES string of the molecule is C=CCCCN(C)C(=NC)NCc1cc(OC)c(OC)cc1Br. The van der Waals surface area contributed by atoms with Gasteiger partial charge in [-0.15, -0.1) is 6.58 Å². The highest BCUT2D eigenvalue weighted by atomic mass is 79.9. The van der Waals surface area contributed by atoms with Crippen LogP contribution in [0.2, 0.25) is 0 Å². The Kier molecular flexibility index (Phi) is 8.55. The van der Waals surface area contributed by atoms with Gasteiger partial charge >= 0.3 is 0 Å². The number of aliphatic imine (C=N–C) groups is 1. The van der Waals surface area contributed by atoms with Gasteiger partial charge in [-0.25, -0.2) is 0 Å². The van der Waals surface area contributed by atoms with Crippen LogP contribution in [0.5, 0.6) is 11.5 Å². The Morgan fingerprint density at radius 3 is 2.57 bits per heavy atom. The van der Waals surface area contributed by atoms with Crippen LogP contribution in [-0.4, -0.2) is 45.7 Å². The van der Waals surface area contributed by atoms with E-state index in [0.717, 1.165) is 35.4 Å². The van der Waals surface area contributed by atoms with Crippen molar-refractivity contribution in [2.45, 2.75) is 19.4 Å². The summed E-state index contributed by atoms with van der Waals surface area (Å²) in [7, 11) is 7.08. The zero-order valence-electron chi connectivity index (χ0n) is 14.4. The van der Waals surface area contributed by atoms with Crippen LogP contribution in [0.4, 0.5) is 0 Å². The fourth-order valence-electron chi connectivity index (χ4n) is 2.17. The van der Waals surface area contributed by atoms with Crippen LogP contribution >= 0.6 is 15.9 Å². The molecule has 1 aromatic rings. The normalized spacial score (nSPS) is 11.1. The fourth-order valence-corrected chi connectivity index (χ4v) is 2.63. The first-order valence-electron chi connectivity index (χ1n) is 7.50. The van der Waals surface area contributed by atoms with E-state index in [1.165, 1.54) is 0 Å². The van der Waals surface area contributed by atoms with Gasteiger partial charge in [-0.2, -0.15) is 0 Å². The minimum atomic E-state index is 0.638. The molecule has 0 unspecified atom stereocenters. The molecule has 0 spiro atoms. The van der Waals surface area contributed by atoms with Crippen LogP contribution in [0.25, 0.3) is 0 Å². The van der Waals surface area contributed by atoms with Gasteiger partial charge in [0.2, 0.25) is 0 Å². The maximum atomic E-state index is 5.35. The zero-order chi connectivity index (χ0) is 17.2. The predicted octanol–water partition coefficient (Wildman–Crippen LogP) is 3.44. The molecule has 0 radical (unpaired) electrons. The second-order valence-electron chi connectivity index (χ2n) is 5.05. The Morgan fingerprint density at radius 1 is 1.35 bits per heavy atom. The van der Waals surface area contributed by atoms with Gasteiger partial charge in [0.1, 0.15) is 0 Å². The van der Waals surface area contributed by atoms with Crippen molar-refractivity contribution in [3.63, 3.8) is 0 Å². The second-order valence-corrected chi connectivity index (χ2v) is 5.91. The molecule has 5 nitrogen and oxygen atoms in total. The van der Waals surface area contributed by atoms with E-state index in [1.54, 1.807) is 21.3 Å². The number of unbranched alkanes of at least 4 members (excludes halogenated alkanes) is 1. The molecule has 0 aliphatic carbocycles. The summed E-state index contributed by atoms with van der Waals surface area (Å²) < 4.78 is 11.6. The van der Waals surface area contributed by atoms with Gasteiger partial charge in [0, 0.05) is 31.7 Å². The van der Waals surface area contributed by atoms with Gasteiger partial charge < -0.3 is 19.7 Å².